The van der Waals surface area contributed by atoms with Crippen LogP contribution in [0.2, 0.25) is 0 Å². The second-order valence-electron chi connectivity index (χ2n) is 4.74. The van der Waals surface area contributed by atoms with Crippen LogP contribution in [0.5, 0.6) is 0 Å². The molecule has 102 valence electrons. The fraction of sp³-hybridized carbons (Fsp3) is 0.500. The highest BCUT2D eigenvalue weighted by Gasteiger charge is 2.27. The Balaban J connectivity index is 1.90. The lowest BCUT2D eigenvalue weighted by molar-refractivity contribution is -0.144. The van der Waals surface area contributed by atoms with Gasteiger partial charge in [-0.1, -0.05) is 0 Å². The molecule has 0 N–H and O–H groups in total. The van der Waals surface area contributed by atoms with Crippen LogP contribution in [0.25, 0.3) is 0 Å². The van der Waals surface area contributed by atoms with E-state index in [0.29, 0.717) is 13.0 Å². The first-order chi connectivity index (χ1) is 9.10. The van der Waals surface area contributed by atoms with Crippen LogP contribution < -0.4 is 0 Å². The van der Waals surface area contributed by atoms with E-state index >= 15 is 0 Å². The van der Waals surface area contributed by atoms with Gasteiger partial charge in [-0.25, -0.2) is 0 Å². The first kappa shape index (κ1) is 13.5. The zero-order valence-electron chi connectivity index (χ0n) is 10.9. The molecule has 0 bridgehead atoms. The highest BCUT2D eigenvalue weighted by Crippen LogP contribution is 2.25. The number of hydrogen-bond acceptors (Lipinski definition) is 5. The molecular weight excluding hydrogens is 246 g/mol. The van der Waals surface area contributed by atoms with Gasteiger partial charge in [0.05, 0.1) is 13.0 Å². The van der Waals surface area contributed by atoms with Gasteiger partial charge >= 0.3 is 5.97 Å². The van der Waals surface area contributed by atoms with Crippen LogP contribution in [-0.4, -0.2) is 42.1 Å². The molecule has 0 amide bonds. The van der Waals surface area contributed by atoms with Gasteiger partial charge in [0.25, 0.3) is 0 Å². The third-order valence-corrected chi connectivity index (χ3v) is 3.34. The SMILES string of the molecule is CCOC(=O)CC1CCN(C2=CC(=O)C(=O)C=C2)C1. The second-order valence-corrected chi connectivity index (χ2v) is 4.74. The fourth-order valence-electron chi connectivity index (χ4n) is 2.38. The molecule has 5 nitrogen and oxygen atoms in total. The summed E-state index contributed by atoms with van der Waals surface area (Å²) in [5.41, 5.74) is 0.760. The molecule has 1 aliphatic heterocycles. The molecule has 1 unspecified atom stereocenters. The molecule has 2 aliphatic rings. The molecule has 2 rings (SSSR count). The fourth-order valence-corrected chi connectivity index (χ4v) is 2.38. The van der Waals surface area contributed by atoms with Crippen LogP contribution in [0, 0.1) is 5.92 Å². The van der Waals surface area contributed by atoms with E-state index in [1.54, 1.807) is 13.0 Å². The van der Waals surface area contributed by atoms with Gasteiger partial charge in [0.2, 0.25) is 11.6 Å². The molecule has 0 aromatic carbocycles. The number of hydrogen-bond donors (Lipinski definition) is 0. The lowest BCUT2D eigenvalue weighted by Gasteiger charge is -2.20. The summed E-state index contributed by atoms with van der Waals surface area (Å²) in [5, 5.41) is 0. The number of ketones is 2. The molecule has 0 aromatic rings. The predicted octanol–water partition coefficient (Wildman–Crippen LogP) is 0.853. The van der Waals surface area contributed by atoms with Gasteiger partial charge in [0.1, 0.15) is 0 Å². The number of allylic oxidation sites excluding steroid dienone is 3. The van der Waals surface area contributed by atoms with E-state index < -0.39 is 11.6 Å². The van der Waals surface area contributed by atoms with E-state index in [-0.39, 0.29) is 11.9 Å². The molecule has 0 aromatic heterocycles. The van der Waals surface area contributed by atoms with Crippen LogP contribution in [0.1, 0.15) is 19.8 Å². The monoisotopic (exact) mass is 263 g/mol. The Morgan fingerprint density at radius 1 is 1.37 bits per heavy atom. The van der Waals surface area contributed by atoms with Crippen LogP contribution in [0.4, 0.5) is 0 Å². The molecule has 0 saturated carbocycles. The Morgan fingerprint density at radius 2 is 2.16 bits per heavy atom. The number of esters is 1. The quantitative estimate of drug-likeness (QED) is 0.427. The Morgan fingerprint density at radius 3 is 2.84 bits per heavy atom. The van der Waals surface area contributed by atoms with Crippen molar-refractivity contribution in [3.05, 3.63) is 23.9 Å². The second kappa shape index (κ2) is 5.82. The third-order valence-electron chi connectivity index (χ3n) is 3.34. The number of likely N-dealkylation sites (tertiary alicyclic amines) is 1. The van der Waals surface area contributed by atoms with E-state index in [9.17, 15) is 14.4 Å². The summed E-state index contributed by atoms with van der Waals surface area (Å²) in [6, 6.07) is 0. The first-order valence-corrected chi connectivity index (χ1v) is 6.48. The van der Waals surface area contributed by atoms with Gasteiger partial charge in [-0.15, -0.1) is 0 Å². The van der Waals surface area contributed by atoms with Crippen molar-refractivity contribution >= 4 is 17.5 Å². The summed E-state index contributed by atoms with van der Waals surface area (Å²) in [6.07, 6.45) is 5.64. The van der Waals surface area contributed by atoms with Crippen molar-refractivity contribution in [2.45, 2.75) is 19.8 Å². The van der Waals surface area contributed by atoms with Crippen molar-refractivity contribution in [3.8, 4) is 0 Å². The molecule has 0 radical (unpaired) electrons. The number of carbonyl (C=O) groups excluding carboxylic acids is 3. The minimum Gasteiger partial charge on any atom is -0.466 e. The average molecular weight is 263 g/mol. The molecule has 1 fully saturated rings. The predicted molar refractivity (Wildman–Crippen MR) is 68.2 cm³/mol. The third kappa shape index (κ3) is 3.30. The van der Waals surface area contributed by atoms with Crippen molar-refractivity contribution in [1.82, 2.24) is 4.90 Å². The molecular formula is C14H17NO4. The Hall–Kier alpha value is -1.91. The standard InChI is InChI=1S/C14H17NO4/c1-2-19-14(18)7-10-5-6-15(9-10)11-3-4-12(16)13(17)8-11/h3-4,8,10H,2,5-7,9H2,1H3. The van der Waals surface area contributed by atoms with Crippen molar-refractivity contribution in [2.75, 3.05) is 19.7 Å². The lowest BCUT2D eigenvalue weighted by Crippen LogP contribution is -2.24. The van der Waals surface area contributed by atoms with E-state index in [4.69, 9.17) is 4.74 Å². The summed E-state index contributed by atoms with van der Waals surface area (Å²) >= 11 is 0. The number of carbonyl (C=O) groups is 3. The van der Waals surface area contributed by atoms with Crippen LogP contribution >= 0.6 is 0 Å². The molecule has 1 aliphatic carbocycles. The summed E-state index contributed by atoms with van der Waals surface area (Å²) in [4.78, 5) is 35.8. The number of nitrogens with zero attached hydrogens (tertiary/aromatic N) is 1. The minimum atomic E-state index is -0.481. The highest BCUT2D eigenvalue weighted by molar-refractivity contribution is 6.46. The van der Waals surface area contributed by atoms with Gasteiger partial charge < -0.3 is 9.64 Å². The molecule has 1 saturated heterocycles. The van der Waals surface area contributed by atoms with Crippen molar-refractivity contribution in [2.24, 2.45) is 5.92 Å². The summed E-state index contributed by atoms with van der Waals surface area (Å²) in [7, 11) is 0. The lowest BCUT2D eigenvalue weighted by atomic mass is 10.1. The largest absolute Gasteiger partial charge is 0.466 e. The molecule has 19 heavy (non-hydrogen) atoms. The van der Waals surface area contributed by atoms with Gasteiger partial charge in [-0.2, -0.15) is 0 Å². The number of rotatable bonds is 4. The Bertz CT molecular complexity index is 464. The molecule has 1 atom stereocenters. The highest BCUT2D eigenvalue weighted by atomic mass is 16.5. The minimum absolute atomic E-state index is 0.172. The van der Waals surface area contributed by atoms with Crippen LogP contribution in [-0.2, 0) is 19.1 Å². The summed E-state index contributed by atoms with van der Waals surface area (Å²) in [5.74, 6) is -0.882. The molecule has 0 spiro atoms. The van der Waals surface area contributed by atoms with Gasteiger partial charge in [-0.3, -0.25) is 14.4 Å². The normalized spacial score (nSPS) is 22.7. The van der Waals surface area contributed by atoms with Crippen molar-refractivity contribution in [3.63, 3.8) is 0 Å². The Kier molecular flexibility index (Phi) is 4.14. The van der Waals surface area contributed by atoms with Gasteiger partial charge in [-0.05, 0) is 31.4 Å². The summed E-state index contributed by atoms with van der Waals surface area (Å²) in [6.45, 7) is 3.71. The maximum atomic E-state index is 11.4. The Labute approximate surface area is 111 Å². The zero-order valence-corrected chi connectivity index (χ0v) is 10.9. The van der Waals surface area contributed by atoms with Gasteiger partial charge in [0.15, 0.2) is 0 Å². The maximum Gasteiger partial charge on any atom is 0.306 e. The molecule has 1 heterocycles. The van der Waals surface area contributed by atoms with Crippen LogP contribution in [0.15, 0.2) is 23.9 Å². The zero-order chi connectivity index (χ0) is 13.8. The van der Waals surface area contributed by atoms with E-state index in [2.05, 4.69) is 0 Å². The maximum absolute atomic E-state index is 11.4. The first-order valence-electron chi connectivity index (χ1n) is 6.48. The topological polar surface area (TPSA) is 63.7 Å². The van der Waals surface area contributed by atoms with E-state index in [0.717, 1.165) is 25.2 Å². The van der Waals surface area contributed by atoms with Crippen molar-refractivity contribution in [1.29, 1.82) is 0 Å². The average Bonchev–Trinajstić information content (AvgIpc) is 2.81. The molecule has 5 heteroatoms. The van der Waals surface area contributed by atoms with Gasteiger partial charge in [0, 0.05) is 24.9 Å². The van der Waals surface area contributed by atoms with Crippen LogP contribution in [0.3, 0.4) is 0 Å². The smallest absolute Gasteiger partial charge is 0.306 e. The summed E-state index contributed by atoms with van der Waals surface area (Å²) < 4.78 is 4.93. The number of ether oxygens (including phenoxy) is 1. The van der Waals surface area contributed by atoms with E-state index in [1.807, 2.05) is 4.90 Å². The van der Waals surface area contributed by atoms with E-state index in [1.165, 1.54) is 12.2 Å². The van der Waals surface area contributed by atoms with Crippen molar-refractivity contribution < 1.29 is 19.1 Å².